The third kappa shape index (κ3) is 4.63. The number of aliphatic hydroxyl groups is 1. The fourth-order valence-corrected chi connectivity index (χ4v) is 1.51. The van der Waals surface area contributed by atoms with Crippen molar-refractivity contribution >= 4 is 11.6 Å². The Bertz CT molecular complexity index is 517. The Kier molecular flexibility index (Phi) is 6.07. The Morgan fingerprint density at radius 1 is 1.45 bits per heavy atom. The summed E-state index contributed by atoms with van der Waals surface area (Å²) in [6.45, 7) is 2.74. The van der Waals surface area contributed by atoms with Crippen molar-refractivity contribution in [3.05, 3.63) is 36.0 Å². The van der Waals surface area contributed by atoms with Crippen LogP contribution in [0.15, 0.2) is 36.0 Å². The molecule has 0 heterocycles. The maximum atomic E-state index is 11.9. The highest BCUT2D eigenvalue weighted by molar-refractivity contribution is 6.06. The van der Waals surface area contributed by atoms with Crippen molar-refractivity contribution in [3.63, 3.8) is 0 Å². The molecule has 106 valence electrons. The van der Waals surface area contributed by atoms with Crippen molar-refractivity contribution in [2.24, 2.45) is 0 Å². The van der Waals surface area contributed by atoms with Crippen LogP contribution in [0.1, 0.15) is 6.92 Å². The van der Waals surface area contributed by atoms with Crippen LogP contribution < -0.4 is 5.32 Å². The van der Waals surface area contributed by atoms with Crippen molar-refractivity contribution in [3.8, 4) is 11.8 Å². The van der Waals surface area contributed by atoms with Crippen LogP contribution in [0.2, 0.25) is 0 Å². The summed E-state index contributed by atoms with van der Waals surface area (Å²) in [4.78, 5) is 13.6. The van der Waals surface area contributed by atoms with Gasteiger partial charge < -0.3 is 20.4 Å². The molecule has 1 rings (SSSR count). The van der Waals surface area contributed by atoms with Gasteiger partial charge in [0.2, 0.25) is 0 Å². The first-order chi connectivity index (χ1) is 9.60. The Morgan fingerprint density at radius 2 is 2.10 bits per heavy atom. The van der Waals surface area contributed by atoms with Gasteiger partial charge in [-0.1, -0.05) is 0 Å². The minimum absolute atomic E-state index is 0.0478. The van der Waals surface area contributed by atoms with Gasteiger partial charge in [0.1, 0.15) is 17.4 Å². The molecule has 0 aromatic heterocycles. The number of phenolic OH excluding ortho intramolecular Hbond substituents is 1. The first-order valence-electron chi connectivity index (χ1n) is 6.18. The van der Waals surface area contributed by atoms with Gasteiger partial charge in [-0.2, -0.15) is 5.26 Å². The van der Waals surface area contributed by atoms with Gasteiger partial charge in [-0.15, -0.1) is 0 Å². The third-order valence-electron chi connectivity index (χ3n) is 2.60. The normalized spacial score (nSPS) is 10.8. The van der Waals surface area contributed by atoms with Crippen LogP contribution in [0.5, 0.6) is 5.75 Å². The lowest BCUT2D eigenvalue weighted by Gasteiger charge is -2.17. The molecule has 0 aliphatic rings. The molecule has 0 unspecified atom stereocenters. The first kappa shape index (κ1) is 15.5. The topological polar surface area (TPSA) is 96.6 Å². The monoisotopic (exact) mass is 275 g/mol. The highest BCUT2D eigenvalue weighted by Crippen LogP contribution is 2.14. The van der Waals surface area contributed by atoms with Gasteiger partial charge in [-0.05, 0) is 31.2 Å². The fraction of sp³-hybridized carbons (Fsp3) is 0.286. The number of carbonyl (C=O) groups excluding carboxylic acids is 1. The number of nitrogens with zero attached hydrogens (tertiary/aromatic N) is 2. The lowest BCUT2D eigenvalue weighted by molar-refractivity contribution is -0.112. The van der Waals surface area contributed by atoms with E-state index in [0.717, 1.165) is 0 Å². The number of nitriles is 1. The van der Waals surface area contributed by atoms with Gasteiger partial charge in [-0.25, -0.2) is 0 Å². The van der Waals surface area contributed by atoms with E-state index >= 15 is 0 Å². The van der Waals surface area contributed by atoms with E-state index in [1.54, 1.807) is 4.90 Å². The molecule has 20 heavy (non-hydrogen) atoms. The van der Waals surface area contributed by atoms with Gasteiger partial charge in [-0.3, -0.25) is 4.79 Å². The number of aromatic hydroxyl groups is 1. The number of carbonyl (C=O) groups is 1. The summed E-state index contributed by atoms with van der Waals surface area (Å²) in [6, 6.07) is 7.78. The molecule has 0 fully saturated rings. The van der Waals surface area contributed by atoms with E-state index in [0.29, 0.717) is 18.8 Å². The minimum atomic E-state index is -0.533. The van der Waals surface area contributed by atoms with Crippen LogP contribution in [0.25, 0.3) is 0 Å². The van der Waals surface area contributed by atoms with Gasteiger partial charge in [0.05, 0.1) is 6.61 Å². The van der Waals surface area contributed by atoms with Crippen molar-refractivity contribution in [1.82, 2.24) is 4.90 Å². The number of aliphatic hydroxyl groups excluding tert-OH is 1. The average molecular weight is 275 g/mol. The molecular weight excluding hydrogens is 258 g/mol. The molecule has 0 spiro atoms. The maximum absolute atomic E-state index is 11.9. The van der Waals surface area contributed by atoms with Crippen LogP contribution >= 0.6 is 0 Å². The zero-order valence-corrected chi connectivity index (χ0v) is 11.2. The van der Waals surface area contributed by atoms with Crippen molar-refractivity contribution in [2.45, 2.75) is 6.92 Å². The Hall–Kier alpha value is -2.52. The van der Waals surface area contributed by atoms with Gasteiger partial charge >= 0.3 is 0 Å². The summed E-state index contributed by atoms with van der Waals surface area (Å²) in [5.74, 6) is -0.436. The van der Waals surface area contributed by atoms with E-state index in [-0.39, 0.29) is 17.9 Å². The molecule has 0 aliphatic heterocycles. The molecule has 6 heteroatoms. The first-order valence-corrected chi connectivity index (χ1v) is 6.18. The molecule has 6 nitrogen and oxygen atoms in total. The van der Waals surface area contributed by atoms with E-state index in [4.69, 9.17) is 15.5 Å². The van der Waals surface area contributed by atoms with Crippen molar-refractivity contribution in [1.29, 1.82) is 5.26 Å². The second-order valence-corrected chi connectivity index (χ2v) is 4.01. The van der Waals surface area contributed by atoms with E-state index < -0.39 is 5.91 Å². The smallest absolute Gasteiger partial charge is 0.267 e. The summed E-state index contributed by atoms with van der Waals surface area (Å²) in [5.41, 5.74) is 0.438. The quantitative estimate of drug-likeness (QED) is 0.409. The molecule has 0 saturated carbocycles. The number of likely N-dealkylation sites (N-methyl/N-ethyl adjacent to an activating group) is 1. The molecule has 0 atom stereocenters. The predicted molar refractivity (Wildman–Crippen MR) is 74.8 cm³/mol. The molecule has 0 bridgehead atoms. The summed E-state index contributed by atoms with van der Waals surface area (Å²) < 4.78 is 0. The van der Waals surface area contributed by atoms with Crippen LogP contribution in [-0.4, -0.2) is 40.7 Å². The van der Waals surface area contributed by atoms with Crippen LogP contribution in [-0.2, 0) is 4.79 Å². The number of nitrogens with one attached hydrogen (secondary N) is 1. The van der Waals surface area contributed by atoms with Crippen LogP contribution in [0.4, 0.5) is 5.69 Å². The van der Waals surface area contributed by atoms with Crippen molar-refractivity contribution < 1.29 is 15.0 Å². The molecular formula is C14H17N3O3. The number of hydrogen-bond acceptors (Lipinski definition) is 5. The van der Waals surface area contributed by atoms with E-state index in [1.165, 1.54) is 30.5 Å². The van der Waals surface area contributed by atoms with Crippen LogP contribution in [0, 0.1) is 11.3 Å². The van der Waals surface area contributed by atoms with Crippen LogP contribution in [0.3, 0.4) is 0 Å². The van der Waals surface area contributed by atoms with E-state index in [2.05, 4.69) is 5.32 Å². The highest BCUT2D eigenvalue weighted by Gasteiger charge is 2.11. The van der Waals surface area contributed by atoms with Gasteiger partial charge in [0.15, 0.2) is 0 Å². The second kappa shape index (κ2) is 7.81. The standard InChI is InChI=1S/C14H17N3O3/c1-2-17(7-8-18)10-11(9-15)14(20)16-12-3-5-13(19)6-4-12/h3-6,10,18-19H,2,7-8H2,1H3,(H,16,20)/b11-10-. The lowest BCUT2D eigenvalue weighted by Crippen LogP contribution is -2.23. The number of rotatable bonds is 6. The Morgan fingerprint density at radius 3 is 2.60 bits per heavy atom. The molecule has 1 aromatic carbocycles. The number of anilines is 1. The zero-order chi connectivity index (χ0) is 15.0. The fourth-order valence-electron chi connectivity index (χ4n) is 1.51. The number of amides is 1. The SMILES string of the molecule is CCN(/C=C(/C#N)C(=O)Nc1ccc(O)cc1)CCO. The number of benzene rings is 1. The summed E-state index contributed by atoms with van der Waals surface area (Å²) in [6.07, 6.45) is 1.42. The summed E-state index contributed by atoms with van der Waals surface area (Å²) >= 11 is 0. The van der Waals surface area contributed by atoms with E-state index in [1.807, 2.05) is 13.0 Å². The van der Waals surface area contributed by atoms with Gasteiger partial charge in [0, 0.05) is 25.0 Å². The Balaban J connectivity index is 2.79. The summed E-state index contributed by atoms with van der Waals surface area (Å²) in [5, 5.41) is 29.6. The summed E-state index contributed by atoms with van der Waals surface area (Å²) in [7, 11) is 0. The molecule has 0 aliphatic carbocycles. The van der Waals surface area contributed by atoms with Gasteiger partial charge in [0.25, 0.3) is 5.91 Å². The number of phenols is 1. The van der Waals surface area contributed by atoms with E-state index in [9.17, 15) is 4.79 Å². The molecule has 3 N–H and O–H groups in total. The molecule has 1 amide bonds. The molecule has 0 radical (unpaired) electrons. The van der Waals surface area contributed by atoms with Crippen molar-refractivity contribution in [2.75, 3.05) is 25.0 Å². The third-order valence-corrected chi connectivity index (χ3v) is 2.60. The second-order valence-electron chi connectivity index (χ2n) is 4.01. The number of hydrogen-bond donors (Lipinski definition) is 3. The lowest BCUT2D eigenvalue weighted by atomic mass is 10.2. The minimum Gasteiger partial charge on any atom is -0.508 e. The molecule has 1 aromatic rings. The highest BCUT2D eigenvalue weighted by atomic mass is 16.3. The average Bonchev–Trinajstić information content (AvgIpc) is 2.45. The Labute approximate surface area is 117 Å². The largest absolute Gasteiger partial charge is 0.508 e. The predicted octanol–water partition coefficient (Wildman–Crippen LogP) is 1.05. The molecule has 0 saturated heterocycles. The zero-order valence-electron chi connectivity index (χ0n) is 11.2. The maximum Gasteiger partial charge on any atom is 0.267 e.